The van der Waals surface area contributed by atoms with Crippen molar-refractivity contribution in [3.63, 3.8) is 0 Å². The van der Waals surface area contributed by atoms with Gasteiger partial charge in [0.1, 0.15) is 11.8 Å². The van der Waals surface area contributed by atoms with Gasteiger partial charge < -0.3 is 20.0 Å². The van der Waals surface area contributed by atoms with Crippen LogP contribution in [0.4, 0.5) is 15.3 Å². The first-order chi connectivity index (χ1) is 11.0. The molecule has 122 valence electrons. The lowest BCUT2D eigenvalue weighted by atomic mass is 10.2. The lowest BCUT2D eigenvalue weighted by Gasteiger charge is -2.34. The predicted octanol–water partition coefficient (Wildman–Crippen LogP) is 2.18. The number of amides is 2. The molecule has 0 atom stereocenters. The number of hydrogen-bond acceptors (Lipinski definition) is 6. The van der Waals surface area contributed by atoms with Gasteiger partial charge in [-0.25, -0.2) is 9.59 Å². The molecule has 10 heteroatoms. The molecule has 0 unspecified atom stereocenters. The van der Waals surface area contributed by atoms with Gasteiger partial charge in [-0.05, 0) is 34.1 Å². The van der Waals surface area contributed by atoms with E-state index in [0.29, 0.717) is 30.7 Å². The summed E-state index contributed by atoms with van der Waals surface area (Å²) in [6.07, 6.45) is -2.47. The van der Waals surface area contributed by atoms with Crippen molar-refractivity contribution in [1.82, 2.24) is 5.06 Å². The second-order valence-electron chi connectivity index (χ2n) is 4.52. The fraction of sp³-hybridized carbons (Fsp3) is 0.308. The van der Waals surface area contributed by atoms with Gasteiger partial charge in [0.2, 0.25) is 0 Å². The molecule has 0 aliphatic carbocycles. The molecule has 1 aromatic carbocycles. The Morgan fingerprint density at radius 3 is 2.52 bits per heavy atom. The van der Waals surface area contributed by atoms with E-state index in [0.717, 1.165) is 5.69 Å². The molecule has 2 N–H and O–H groups in total. The van der Waals surface area contributed by atoms with Crippen LogP contribution in [0.25, 0.3) is 0 Å². The number of aromatic hydroxyl groups is 1. The summed E-state index contributed by atoms with van der Waals surface area (Å²) in [7, 11) is 0. The number of carbonyl (C=O) groups is 2. The molecule has 1 aliphatic heterocycles. The van der Waals surface area contributed by atoms with Crippen molar-refractivity contribution in [2.75, 3.05) is 31.1 Å². The minimum Gasteiger partial charge on any atom is -0.507 e. The van der Waals surface area contributed by atoms with Crippen LogP contribution in [-0.2, 0) is 4.84 Å². The van der Waals surface area contributed by atoms with Crippen molar-refractivity contribution in [3.8, 4) is 5.75 Å². The number of piperazine rings is 1. The molecule has 2 rings (SSSR count). The van der Waals surface area contributed by atoms with Gasteiger partial charge in [-0.2, -0.15) is 0 Å². The molecular formula is C13H13BrN4O5. The Kier molecular flexibility index (Phi) is 5.69. The molecule has 23 heavy (non-hydrogen) atoms. The van der Waals surface area contributed by atoms with E-state index in [9.17, 15) is 14.7 Å². The molecule has 0 saturated carbocycles. The van der Waals surface area contributed by atoms with Gasteiger partial charge >= 0.3 is 12.2 Å². The van der Waals surface area contributed by atoms with E-state index in [1.165, 1.54) is 5.06 Å². The first-order valence-corrected chi connectivity index (χ1v) is 7.35. The normalized spacial score (nSPS) is 14.7. The third kappa shape index (κ3) is 5.06. The van der Waals surface area contributed by atoms with Gasteiger partial charge in [0.15, 0.2) is 0 Å². The number of phenolic OH excluding ortho intramolecular Hbond substituents is 1. The number of halogens is 1. The zero-order chi connectivity index (χ0) is 16.8. The van der Waals surface area contributed by atoms with Crippen molar-refractivity contribution in [2.45, 2.75) is 0 Å². The van der Waals surface area contributed by atoms with Gasteiger partial charge in [0.25, 0.3) is 0 Å². The monoisotopic (exact) mass is 384 g/mol. The number of aliphatic imine (C=N–C) groups is 2. The highest BCUT2D eigenvalue weighted by molar-refractivity contribution is 9.10. The second-order valence-corrected chi connectivity index (χ2v) is 5.37. The largest absolute Gasteiger partial charge is 0.507 e. The van der Waals surface area contributed by atoms with Crippen molar-refractivity contribution in [3.05, 3.63) is 22.7 Å². The van der Waals surface area contributed by atoms with Crippen LogP contribution < -0.4 is 4.90 Å². The Hall–Kier alpha value is -2.42. The van der Waals surface area contributed by atoms with Gasteiger partial charge in [0, 0.05) is 18.8 Å². The number of carbonyl (C=O) groups excluding carboxylic acids is 1. The molecule has 1 saturated heterocycles. The van der Waals surface area contributed by atoms with Crippen LogP contribution >= 0.6 is 15.9 Å². The van der Waals surface area contributed by atoms with Crippen LogP contribution in [0.3, 0.4) is 0 Å². The smallest absolute Gasteiger partial charge is 0.462 e. The Bertz CT molecular complexity index is 666. The average Bonchev–Trinajstić information content (AvgIpc) is 2.50. The van der Waals surface area contributed by atoms with Crippen LogP contribution in [0.15, 0.2) is 32.7 Å². The molecule has 0 bridgehead atoms. The van der Waals surface area contributed by atoms with Crippen molar-refractivity contribution in [2.24, 2.45) is 9.98 Å². The molecule has 1 fully saturated rings. The Morgan fingerprint density at radius 1 is 1.22 bits per heavy atom. The van der Waals surface area contributed by atoms with Gasteiger partial charge in [-0.1, -0.05) is 0 Å². The first kappa shape index (κ1) is 16.9. The summed E-state index contributed by atoms with van der Waals surface area (Å²) < 4.78 is 0.607. The molecule has 0 aromatic heterocycles. The molecule has 0 spiro atoms. The third-order valence-corrected chi connectivity index (χ3v) is 3.66. The van der Waals surface area contributed by atoms with E-state index in [-0.39, 0.29) is 5.75 Å². The molecular weight excluding hydrogens is 372 g/mol. The number of hydrogen-bond donors (Lipinski definition) is 2. The van der Waals surface area contributed by atoms with Crippen LogP contribution in [0, 0.1) is 0 Å². The highest BCUT2D eigenvalue weighted by atomic mass is 79.9. The molecule has 1 aliphatic rings. The van der Waals surface area contributed by atoms with Gasteiger partial charge in [-0.15, -0.1) is 15.0 Å². The van der Waals surface area contributed by atoms with E-state index in [1.807, 2.05) is 6.07 Å². The molecule has 0 radical (unpaired) electrons. The van der Waals surface area contributed by atoms with Crippen LogP contribution in [0.2, 0.25) is 0 Å². The highest BCUT2D eigenvalue weighted by Gasteiger charge is 2.20. The predicted molar refractivity (Wildman–Crippen MR) is 84.0 cm³/mol. The minimum atomic E-state index is -1.49. The summed E-state index contributed by atoms with van der Waals surface area (Å²) in [5, 5.41) is 19.2. The summed E-state index contributed by atoms with van der Waals surface area (Å²) in [5.74, 6) is 0.169. The fourth-order valence-corrected chi connectivity index (χ4v) is 2.34. The molecule has 2 amide bonds. The SMILES string of the molecule is O=C(O)N=C=NC(=O)ON1CCN(c2ccc(O)c(Br)c2)CC1. The fourth-order valence-electron chi connectivity index (χ4n) is 1.97. The van der Waals surface area contributed by atoms with E-state index >= 15 is 0 Å². The highest BCUT2D eigenvalue weighted by Crippen LogP contribution is 2.29. The number of nitrogens with zero attached hydrogens (tertiary/aromatic N) is 4. The maximum Gasteiger partial charge on any atom is 0.462 e. The van der Waals surface area contributed by atoms with Crippen LogP contribution in [0.5, 0.6) is 5.75 Å². The Morgan fingerprint density at radius 2 is 1.91 bits per heavy atom. The van der Waals surface area contributed by atoms with E-state index in [1.54, 1.807) is 18.1 Å². The average molecular weight is 385 g/mol. The topological polar surface area (TPSA) is 115 Å². The number of phenols is 1. The standard InChI is InChI=1S/C13H13BrN4O5/c14-10-7-9(1-2-11(10)19)17-3-5-18(6-4-17)23-13(22)16-8-15-12(20)21/h1-2,7,19H,3-6H2,(H,20,21). The number of hydroxylamine groups is 2. The maximum absolute atomic E-state index is 11.3. The van der Waals surface area contributed by atoms with Gasteiger partial charge in [-0.3, -0.25) is 0 Å². The van der Waals surface area contributed by atoms with E-state index in [4.69, 9.17) is 9.94 Å². The second kappa shape index (κ2) is 7.73. The minimum absolute atomic E-state index is 0.169. The summed E-state index contributed by atoms with van der Waals surface area (Å²) in [4.78, 5) is 34.3. The van der Waals surface area contributed by atoms with Crippen molar-refractivity contribution < 1.29 is 24.6 Å². The summed E-state index contributed by atoms with van der Waals surface area (Å²) >= 11 is 3.27. The Labute approximate surface area is 139 Å². The number of anilines is 1. The number of carboxylic acid groups (broad SMARTS) is 1. The van der Waals surface area contributed by atoms with Gasteiger partial charge in [0.05, 0.1) is 17.6 Å². The zero-order valence-corrected chi connectivity index (χ0v) is 13.4. The third-order valence-electron chi connectivity index (χ3n) is 3.03. The van der Waals surface area contributed by atoms with Crippen LogP contribution in [0.1, 0.15) is 0 Å². The summed E-state index contributed by atoms with van der Waals surface area (Å²) in [6, 6.07) is 6.94. The quantitative estimate of drug-likeness (QED) is 0.750. The maximum atomic E-state index is 11.3. The molecule has 1 aromatic rings. The molecule has 9 nitrogen and oxygen atoms in total. The summed E-state index contributed by atoms with van der Waals surface area (Å²) in [6.45, 7) is 2.13. The lowest BCUT2D eigenvalue weighted by Crippen LogP contribution is -2.46. The summed E-state index contributed by atoms with van der Waals surface area (Å²) in [5.41, 5.74) is 0.937. The Balaban J connectivity index is 1.86. The van der Waals surface area contributed by atoms with E-state index < -0.39 is 12.2 Å². The molecule has 1 heterocycles. The lowest BCUT2D eigenvalue weighted by molar-refractivity contribution is -0.0983. The zero-order valence-electron chi connectivity index (χ0n) is 11.8. The van der Waals surface area contributed by atoms with Crippen molar-refractivity contribution >= 4 is 39.8 Å². The number of benzene rings is 1. The first-order valence-electron chi connectivity index (χ1n) is 6.55. The van der Waals surface area contributed by atoms with Crippen molar-refractivity contribution in [1.29, 1.82) is 0 Å². The number of rotatable bonds is 2. The van der Waals surface area contributed by atoms with E-state index in [2.05, 4.69) is 30.8 Å². The van der Waals surface area contributed by atoms with Crippen LogP contribution in [-0.4, -0.2) is 59.7 Å².